The number of carbonyl (C=O) groups is 2. The predicted molar refractivity (Wildman–Crippen MR) is 133 cm³/mol. The van der Waals surface area contributed by atoms with E-state index in [2.05, 4.69) is 10.3 Å². The summed E-state index contributed by atoms with van der Waals surface area (Å²) in [4.78, 5) is 29.4. The minimum absolute atomic E-state index is 0.0888. The molecule has 4 rings (SSSR count). The van der Waals surface area contributed by atoms with Gasteiger partial charge in [-0.2, -0.15) is 0 Å². The first-order valence-electron chi connectivity index (χ1n) is 12.8. The molecule has 0 bridgehead atoms. The number of rotatable bonds is 9. The van der Waals surface area contributed by atoms with Crippen LogP contribution >= 0.6 is 0 Å². The van der Waals surface area contributed by atoms with Gasteiger partial charge in [0.1, 0.15) is 5.75 Å². The van der Waals surface area contributed by atoms with E-state index in [1.54, 1.807) is 30.5 Å². The van der Waals surface area contributed by atoms with Crippen molar-refractivity contribution in [1.29, 1.82) is 0 Å². The minimum atomic E-state index is -0.970. The van der Waals surface area contributed by atoms with E-state index in [1.165, 1.54) is 32.1 Å². The van der Waals surface area contributed by atoms with Crippen LogP contribution in [0.15, 0.2) is 42.6 Å². The third-order valence-corrected chi connectivity index (χ3v) is 7.53. The standard InChI is InChI=1S/C28H36N2O5/c1-20(22-7-9-23(10-8-22)26(31)32)30-27(33)28(14-17-34-18-15-28)25-12-11-24(19-29-25)35-16-13-21-5-3-2-4-6-21/h7-12,19-21H,2-6,13-18H2,1H3,(H,30,33)(H,31,32)/t20-/m0/s1. The Kier molecular flexibility index (Phi) is 8.39. The van der Waals surface area contributed by atoms with Gasteiger partial charge in [-0.1, -0.05) is 44.2 Å². The fourth-order valence-electron chi connectivity index (χ4n) is 5.22. The number of carbonyl (C=O) groups excluding carboxylic acids is 1. The normalized spacial score (nSPS) is 19.0. The van der Waals surface area contributed by atoms with Gasteiger partial charge in [0.2, 0.25) is 5.91 Å². The van der Waals surface area contributed by atoms with Gasteiger partial charge in [0.15, 0.2) is 0 Å². The van der Waals surface area contributed by atoms with Gasteiger partial charge in [-0.25, -0.2) is 4.79 Å². The molecule has 7 nitrogen and oxygen atoms in total. The summed E-state index contributed by atoms with van der Waals surface area (Å²) in [6.07, 6.45) is 10.6. The molecule has 2 heterocycles. The van der Waals surface area contributed by atoms with Crippen LogP contribution in [-0.2, 0) is 14.9 Å². The first kappa shape index (κ1) is 25.2. The molecule has 2 fully saturated rings. The molecule has 188 valence electrons. The van der Waals surface area contributed by atoms with Crippen molar-refractivity contribution < 1.29 is 24.2 Å². The van der Waals surface area contributed by atoms with Crippen LogP contribution in [0, 0.1) is 5.92 Å². The fourth-order valence-corrected chi connectivity index (χ4v) is 5.22. The highest BCUT2D eigenvalue weighted by Crippen LogP contribution is 2.35. The molecule has 1 saturated heterocycles. The van der Waals surface area contributed by atoms with Crippen molar-refractivity contribution in [2.45, 2.75) is 69.7 Å². The molecule has 2 aromatic rings. The Labute approximate surface area is 207 Å². The Balaban J connectivity index is 1.41. The van der Waals surface area contributed by atoms with E-state index in [9.17, 15) is 9.59 Å². The van der Waals surface area contributed by atoms with Gasteiger partial charge in [0.25, 0.3) is 0 Å². The summed E-state index contributed by atoms with van der Waals surface area (Å²) in [6.45, 7) is 3.59. The molecule has 0 radical (unpaired) electrons. The number of ether oxygens (including phenoxy) is 2. The molecule has 1 aromatic carbocycles. The van der Waals surface area contributed by atoms with E-state index >= 15 is 0 Å². The second-order valence-electron chi connectivity index (χ2n) is 9.84. The molecule has 35 heavy (non-hydrogen) atoms. The lowest BCUT2D eigenvalue weighted by Gasteiger charge is -2.36. The van der Waals surface area contributed by atoms with Gasteiger partial charge in [-0.3, -0.25) is 9.78 Å². The predicted octanol–water partition coefficient (Wildman–Crippen LogP) is 5.05. The molecular formula is C28H36N2O5. The molecular weight excluding hydrogens is 444 g/mol. The van der Waals surface area contributed by atoms with Crippen molar-refractivity contribution in [2.24, 2.45) is 5.92 Å². The van der Waals surface area contributed by atoms with Crippen molar-refractivity contribution in [1.82, 2.24) is 10.3 Å². The molecule has 1 aliphatic carbocycles. The van der Waals surface area contributed by atoms with Gasteiger partial charge in [-0.15, -0.1) is 0 Å². The van der Waals surface area contributed by atoms with E-state index in [0.717, 1.165) is 29.3 Å². The number of carboxylic acids is 1. The van der Waals surface area contributed by atoms with Crippen molar-refractivity contribution in [2.75, 3.05) is 19.8 Å². The van der Waals surface area contributed by atoms with Gasteiger partial charge in [-0.05, 0) is 61.9 Å². The van der Waals surface area contributed by atoms with Crippen LogP contribution in [0.25, 0.3) is 0 Å². The van der Waals surface area contributed by atoms with Crippen molar-refractivity contribution in [3.8, 4) is 5.75 Å². The number of benzene rings is 1. The molecule has 2 aliphatic rings. The number of pyridine rings is 1. The van der Waals surface area contributed by atoms with E-state index in [1.807, 2.05) is 19.1 Å². The Hall–Kier alpha value is -2.93. The van der Waals surface area contributed by atoms with Gasteiger partial charge < -0.3 is 19.9 Å². The molecule has 1 aromatic heterocycles. The third kappa shape index (κ3) is 6.20. The highest BCUT2D eigenvalue weighted by molar-refractivity contribution is 5.89. The zero-order chi connectivity index (χ0) is 24.7. The molecule has 1 saturated carbocycles. The van der Waals surface area contributed by atoms with Gasteiger partial charge in [0, 0.05) is 13.2 Å². The van der Waals surface area contributed by atoms with Crippen LogP contribution in [0.4, 0.5) is 0 Å². The topological polar surface area (TPSA) is 97.8 Å². The average molecular weight is 481 g/mol. The lowest BCUT2D eigenvalue weighted by atomic mass is 9.75. The molecule has 1 atom stereocenters. The number of nitrogens with one attached hydrogen (secondary N) is 1. The zero-order valence-corrected chi connectivity index (χ0v) is 20.5. The maximum absolute atomic E-state index is 13.6. The number of carboxylic acid groups (broad SMARTS) is 1. The monoisotopic (exact) mass is 480 g/mol. The van der Waals surface area contributed by atoms with Crippen molar-refractivity contribution in [3.63, 3.8) is 0 Å². The number of hydrogen-bond acceptors (Lipinski definition) is 5. The zero-order valence-electron chi connectivity index (χ0n) is 20.5. The Bertz CT molecular complexity index is 977. The van der Waals surface area contributed by atoms with E-state index in [0.29, 0.717) is 32.7 Å². The van der Waals surface area contributed by atoms with E-state index in [-0.39, 0.29) is 17.5 Å². The second-order valence-corrected chi connectivity index (χ2v) is 9.84. The molecule has 2 N–H and O–H groups in total. The lowest BCUT2D eigenvalue weighted by molar-refractivity contribution is -0.131. The summed E-state index contributed by atoms with van der Waals surface area (Å²) in [5.41, 5.74) is 1.03. The Morgan fingerprint density at radius 2 is 1.83 bits per heavy atom. The van der Waals surface area contributed by atoms with Crippen LogP contribution in [-0.4, -0.2) is 41.8 Å². The van der Waals surface area contributed by atoms with Crippen LogP contribution < -0.4 is 10.1 Å². The Morgan fingerprint density at radius 1 is 1.11 bits per heavy atom. The van der Waals surface area contributed by atoms with Crippen LogP contribution in [0.5, 0.6) is 5.75 Å². The smallest absolute Gasteiger partial charge is 0.335 e. The lowest BCUT2D eigenvalue weighted by Crippen LogP contribution is -2.49. The molecule has 1 aliphatic heterocycles. The summed E-state index contributed by atoms with van der Waals surface area (Å²) < 4.78 is 11.5. The highest BCUT2D eigenvalue weighted by atomic mass is 16.5. The summed E-state index contributed by atoms with van der Waals surface area (Å²) in [5.74, 6) is 0.447. The second kappa shape index (κ2) is 11.7. The van der Waals surface area contributed by atoms with Gasteiger partial charge >= 0.3 is 5.97 Å². The molecule has 1 amide bonds. The minimum Gasteiger partial charge on any atom is -0.492 e. The largest absolute Gasteiger partial charge is 0.492 e. The number of aromatic carboxylic acids is 1. The summed E-state index contributed by atoms with van der Waals surface area (Å²) in [5, 5.41) is 12.2. The SMILES string of the molecule is C[C@H](NC(=O)C1(c2ccc(OCCC3CCCCC3)cn2)CCOCC1)c1ccc(C(=O)O)cc1. The van der Waals surface area contributed by atoms with Crippen LogP contribution in [0.3, 0.4) is 0 Å². The van der Waals surface area contributed by atoms with Crippen LogP contribution in [0.1, 0.15) is 85.9 Å². The van der Waals surface area contributed by atoms with Crippen LogP contribution in [0.2, 0.25) is 0 Å². The van der Waals surface area contributed by atoms with Crippen molar-refractivity contribution in [3.05, 3.63) is 59.4 Å². The maximum atomic E-state index is 13.6. The first-order chi connectivity index (χ1) is 17.0. The first-order valence-corrected chi connectivity index (χ1v) is 12.8. The summed E-state index contributed by atoms with van der Waals surface area (Å²) in [6, 6.07) is 10.1. The van der Waals surface area contributed by atoms with E-state index < -0.39 is 11.4 Å². The number of hydrogen-bond donors (Lipinski definition) is 2. The molecule has 7 heteroatoms. The number of aromatic nitrogens is 1. The van der Waals surface area contributed by atoms with E-state index in [4.69, 9.17) is 14.6 Å². The third-order valence-electron chi connectivity index (χ3n) is 7.53. The number of amides is 1. The molecule has 0 spiro atoms. The summed E-state index contributed by atoms with van der Waals surface area (Å²) >= 11 is 0. The fraction of sp³-hybridized carbons (Fsp3) is 0.536. The maximum Gasteiger partial charge on any atom is 0.335 e. The van der Waals surface area contributed by atoms with Crippen molar-refractivity contribution >= 4 is 11.9 Å². The molecule has 0 unspecified atom stereocenters. The number of nitrogens with zero attached hydrogens (tertiary/aromatic N) is 1. The van der Waals surface area contributed by atoms with Gasteiger partial charge in [0.05, 0.1) is 35.5 Å². The Morgan fingerprint density at radius 3 is 2.46 bits per heavy atom. The highest BCUT2D eigenvalue weighted by Gasteiger charge is 2.43. The average Bonchev–Trinajstić information content (AvgIpc) is 2.90. The quantitative estimate of drug-likeness (QED) is 0.521. The summed E-state index contributed by atoms with van der Waals surface area (Å²) in [7, 11) is 0.